The smallest absolute Gasteiger partial charge is 0.259 e. The van der Waals surface area contributed by atoms with Gasteiger partial charge < -0.3 is 15.4 Å². The predicted octanol–water partition coefficient (Wildman–Crippen LogP) is 1.47. The van der Waals surface area contributed by atoms with Crippen molar-refractivity contribution in [3.05, 3.63) is 33.4 Å². The summed E-state index contributed by atoms with van der Waals surface area (Å²) in [6.45, 7) is -0.264. The highest BCUT2D eigenvalue weighted by Crippen LogP contribution is 2.25. The van der Waals surface area contributed by atoms with Crippen LogP contribution in [-0.4, -0.2) is 21.9 Å². The van der Waals surface area contributed by atoms with Crippen LogP contribution in [0.2, 0.25) is 0 Å². The standard InChI is InChI=1S/C10H9FIN3O2/c11-5-1-2-6(7(12)3-5)10-14-9(15-17-10)8(13)4-16/h1-3,8,16H,4,13H2. The molecule has 0 saturated carbocycles. The SMILES string of the molecule is NC(CO)c1noc(-c2ccc(F)cc2I)n1. The van der Waals surface area contributed by atoms with Crippen molar-refractivity contribution in [3.63, 3.8) is 0 Å². The van der Waals surface area contributed by atoms with Gasteiger partial charge in [-0.3, -0.25) is 0 Å². The van der Waals surface area contributed by atoms with Crippen LogP contribution in [0.5, 0.6) is 0 Å². The van der Waals surface area contributed by atoms with Gasteiger partial charge in [0.05, 0.1) is 18.2 Å². The Hall–Kier alpha value is -1.06. The number of nitrogens with zero attached hydrogens (tertiary/aromatic N) is 2. The second kappa shape index (κ2) is 5.07. The van der Waals surface area contributed by atoms with Gasteiger partial charge in [0.15, 0.2) is 5.82 Å². The van der Waals surface area contributed by atoms with Gasteiger partial charge >= 0.3 is 0 Å². The predicted molar refractivity (Wildman–Crippen MR) is 66.4 cm³/mol. The van der Waals surface area contributed by atoms with Crippen LogP contribution in [0.1, 0.15) is 11.9 Å². The van der Waals surface area contributed by atoms with Crippen molar-refractivity contribution in [2.24, 2.45) is 5.73 Å². The summed E-state index contributed by atoms with van der Waals surface area (Å²) < 4.78 is 18.6. The van der Waals surface area contributed by atoms with Crippen LogP contribution in [0.25, 0.3) is 11.5 Å². The van der Waals surface area contributed by atoms with E-state index < -0.39 is 6.04 Å². The molecule has 7 heteroatoms. The number of aromatic nitrogens is 2. The average Bonchev–Trinajstić information content (AvgIpc) is 2.77. The molecule has 1 heterocycles. The van der Waals surface area contributed by atoms with Gasteiger partial charge in [0.2, 0.25) is 0 Å². The van der Waals surface area contributed by atoms with E-state index in [-0.39, 0.29) is 24.1 Å². The lowest BCUT2D eigenvalue weighted by atomic mass is 10.2. The van der Waals surface area contributed by atoms with Crippen LogP contribution in [0.15, 0.2) is 22.7 Å². The maximum absolute atomic E-state index is 12.9. The van der Waals surface area contributed by atoms with Crippen LogP contribution < -0.4 is 5.73 Å². The van der Waals surface area contributed by atoms with E-state index in [1.807, 2.05) is 22.6 Å². The average molecular weight is 349 g/mol. The first-order valence-corrected chi connectivity index (χ1v) is 5.85. The van der Waals surface area contributed by atoms with E-state index in [0.717, 1.165) is 0 Å². The number of hydrogen-bond acceptors (Lipinski definition) is 5. The minimum atomic E-state index is -0.675. The van der Waals surface area contributed by atoms with Crippen LogP contribution in [0.4, 0.5) is 4.39 Å². The maximum atomic E-state index is 12.9. The molecule has 1 unspecified atom stereocenters. The van der Waals surface area contributed by atoms with Crippen LogP contribution in [0, 0.1) is 9.39 Å². The second-order valence-corrected chi connectivity index (χ2v) is 4.53. The number of benzene rings is 1. The molecule has 1 aromatic heterocycles. The van der Waals surface area contributed by atoms with Crippen molar-refractivity contribution in [1.82, 2.24) is 10.1 Å². The van der Waals surface area contributed by atoms with Crippen LogP contribution in [0.3, 0.4) is 0 Å². The largest absolute Gasteiger partial charge is 0.394 e. The van der Waals surface area contributed by atoms with E-state index in [9.17, 15) is 4.39 Å². The van der Waals surface area contributed by atoms with Crippen molar-refractivity contribution in [3.8, 4) is 11.5 Å². The molecule has 17 heavy (non-hydrogen) atoms. The summed E-state index contributed by atoms with van der Waals surface area (Å²) in [6, 6.07) is 3.56. The number of rotatable bonds is 3. The molecule has 0 aliphatic rings. The Bertz CT molecular complexity index is 532. The van der Waals surface area contributed by atoms with Crippen molar-refractivity contribution in [1.29, 1.82) is 0 Å². The zero-order valence-electron chi connectivity index (χ0n) is 8.60. The van der Waals surface area contributed by atoms with E-state index in [4.69, 9.17) is 15.4 Å². The van der Waals surface area contributed by atoms with Gasteiger partial charge in [-0.2, -0.15) is 4.98 Å². The quantitative estimate of drug-likeness (QED) is 0.820. The first-order chi connectivity index (χ1) is 8.11. The zero-order chi connectivity index (χ0) is 12.4. The highest BCUT2D eigenvalue weighted by molar-refractivity contribution is 14.1. The minimum absolute atomic E-state index is 0.225. The summed E-state index contributed by atoms with van der Waals surface area (Å²) >= 11 is 1.98. The fraction of sp³-hybridized carbons (Fsp3) is 0.200. The number of halogens is 2. The van der Waals surface area contributed by atoms with Crippen molar-refractivity contribution in [2.75, 3.05) is 6.61 Å². The van der Waals surface area contributed by atoms with E-state index in [1.165, 1.54) is 12.1 Å². The molecule has 1 atom stereocenters. The molecule has 0 radical (unpaired) electrons. The number of nitrogens with two attached hydrogens (primary N) is 1. The first-order valence-electron chi connectivity index (χ1n) is 4.77. The summed E-state index contributed by atoms with van der Waals surface area (Å²) in [6.07, 6.45) is 0. The maximum Gasteiger partial charge on any atom is 0.259 e. The van der Waals surface area contributed by atoms with Gasteiger partial charge in [0.1, 0.15) is 5.82 Å². The number of aliphatic hydroxyl groups is 1. The molecule has 0 amide bonds. The highest BCUT2D eigenvalue weighted by Gasteiger charge is 2.16. The molecule has 3 N–H and O–H groups in total. The van der Waals surface area contributed by atoms with Gasteiger partial charge in [0, 0.05) is 3.57 Å². The van der Waals surface area contributed by atoms with Gasteiger partial charge in [0.25, 0.3) is 5.89 Å². The Morgan fingerprint density at radius 1 is 1.53 bits per heavy atom. The summed E-state index contributed by atoms with van der Waals surface area (Å²) in [5.41, 5.74) is 6.19. The van der Waals surface area contributed by atoms with E-state index >= 15 is 0 Å². The topological polar surface area (TPSA) is 85.2 Å². The Morgan fingerprint density at radius 2 is 2.29 bits per heavy atom. The van der Waals surface area contributed by atoms with E-state index in [1.54, 1.807) is 6.07 Å². The molecule has 2 aromatic rings. The monoisotopic (exact) mass is 349 g/mol. The van der Waals surface area contributed by atoms with Crippen molar-refractivity contribution < 1.29 is 14.0 Å². The fourth-order valence-electron chi connectivity index (χ4n) is 1.24. The molecule has 0 aliphatic heterocycles. The van der Waals surface area contributed by atoms with Crippen molar-refractivity contribution in [2.45, 2.75) is 6.04 Å². The molecule has 0 spiro atoms. The lowest BCUT2D eigenvalue weighted by molar-refractivity contribution is 0.260. The summed E-state index contributed by atoms with van der Waals surface area (Å²) in [5.74, 6) is 0.154. The Labute approximate surface area is 110 Å². The number of hydrogen-bond donors (Lipinski definition) is 2. The lowest BCUT2D eigenvalue weighted by Gasteiger charge is -1.99. The minimum Gasteiger partial charge on any atom is -0.394 e. The molecule has 5 nitrogen and oxygen atoms in total. The van der Waals surface area contributed by atoms with Crippen molar-refractivity contribution >= 4 is 22.6 Å². The van der Waals surface area contributed by atoms with E-state index in [0.29, 0.717) is 9.13 Å². The molecular weight excluding hydrogens is 340 g/mol. The molecule has 0 fully saturated rings. The molecule has 0 aliphatic carbocycles. The summed E-state index contributed by atoms with van der Waals surface area (Å²) in [5, 5.41) is 12.5. The second-order valence-electron chi connectivity index (χ2n) is 3.37. The van der Waals surface area contributed by atoms with Gasteiger partial charge in [-0.1, -0.05) is 5.16 Å². The molecule has 2 rings (SSSR count). The van der Waals surface area contributed by atoms with Gasteiger partial charge in [-0.25, -0.2) is 4.39 Å². The fourth-order valence-corrected chi connectivity index (χ4v) is 1.95. The molecular formula is C10H9FIN3O2. The molecule has 1 aromatic carbocycles. The normalized spacial score (nSPS) is 12.7. The Kier molecular flexibility index (Phi) is 3.69. The molecule has 0 saturated heterocycles. The summed E-state index contributed by atoms with van der Waals surface area (Å²) in [7, 11) is 0. The third kappa shape index (κ3) is 2.61. The molecule has 90 valence electrons. The third-order valence-corrected chi connectivity index (χ3v) is 3.02. The lowest BCUT2D eigenvalue weighted by Crippen LogP contribution is -2.15. The van der Waals surface area contributed by atoms with Crippen LogP contribution in [-0.2, 0) is 0 Å². The Balaban J connectivity index is 2.37. The third-order valence-electron chi connectivity index (χ3n) is 2.13. The highest BCUT2D eigenvalue weighted by atomic mass is 127. The number of aliphatic hydroxyl groups excluding tert-OH is 1. The van der Waals surface area contributed by atoms with E-state index in [2.05, 4.69) is 10.1 Å². The zero-order valence-corrected chi connectivity index (χ0v) is 10.8. The first kappa shape index (κ1) is 12.4. The van der Waals surface area contributed by atoms with Gasteiger partial charge in [-0.05, 0) is 40.8 Å². The molecule has 0 bridgehead atoms. The van der Waals surface area contributed by atoms with Crippen LogP contribution >= 0.6 is 22.6 Å². The van der Waals surface area contributed by atoms with Gasteiger partial charge in [-0.15, -0.1) is 0 Å². The summed E-state index contributed by atoms with van der Waals surface area (Å²) in [4.78, 5) is 4.05. The Morgan fingerprint density at radius 3 is 2.94 bits per heavy atom.